The highest BCUT2D eigenvalue weighted by Crippen LogP contribution is 2.27. The van der Waals surface area contributed by atoms with E-state index in [-0.39, 0.29) is 6.61 Å². The van der Waals surface area contributed by atoms with Crippen LogP contribution in [0.4, 0.5) is 0 Å². The lowest BCUT2D eigenvalue weighted by molar-refractivity contribution is 0.272. The summed E-state index contributed by atoms with van der Waals surface area (Å²) >= 11 is 3.47. The van der Waals surface area contributed by atoms with Crippen molar-refractivity contribution in [3.63, 3.8) is 0 Å². The van der Waals surface area contributed by atoms with Crippen LogP contribution in [0, 0.1) is 0 Å². The summed E-state index contributed by atoms with van der Waals surface area (Å²) in [5.41, 5.74) is 1.24. The summed E-state index contributed by atoms with van der Waals surface area (Å²) in [5.74, 6) is 0.300. The third-order valence-electron chi connectivity index (χ3n) is 2.40. The van der Waals surface area contributed by atoms with E-state index in [1.54, 1.807) is 0 Å². The molecule has 1 aromatic carbocycles. The highest BCUT2D eigenvalue weighted by molar-refractivity contribution is 9.10. The normalized spacial score (nSPS) is 13.9. The molecule has 15 heavy (non-hydrogen) atoms. The van der Waals surface area contributed by atoms with E-state index in [9.17, 15) is 5.11 Å². The van der Waals surface area contributed by atoms with E-state index in [0.717, 1.165) is 10.5 Å². The van der Waals surface area contributed by atoms with Crippen LogP contribution in [-0.4, -0.2) is 19.8 Å². The fourth-order valence-electron chi connectivity index (χ4n) is 1.79. The number of halogens is 1. The van der Waals surface area contributed by atoms with Crippen LogP contribution in [0.1, 0.15) is 11.5 Å². The fourth-order valence-corrected chi connectivity index (χ4v) is 4.05. The third kappa shape index (κ3) is 4.49. The van der Waals surface area contributed by atoms with Crippen LogP contribution >= 0.6 is 15.9 Å². The van der Waals surface area contributed by atoms with Crippen LogP contribution in [-0.2, 0) is 0 Å². The average molecular weight is 287 g/mol. The van der Waals surface area contributed by atoms with Gasteiger partial charge in [-0.1, -0.05) is 47.7 Å². The Hall–Kier alpha value is -0.123. The second kappa shape index (κ2) is 5.28. The Morgan fingerprint density at radius 3 is 2.47 bits per heavy atom. The Morgan fingerprint density at radius 2 is 2.00 bits per heavy atom. The molecule has 1 rings (SSSR count). The molecule has 84 valence electrons. The van der Waals surface area contributed by atoms with Gasteiger partial charge in [-0.2, -0.15) is 0 Å². The van der Waals surface area contributed by atoms with Gasteiger partial charge in [0.05, 0.1) is 0 Å². The molecule has 0 heterocycles. The first-order chi connectivity index (χ1) is 6.92. The Labute approximate surface area is 102 Å². The molecule has 0 aliphatic carbocycles. The van der Waals surface area contributed by atoms with Gasteiger partial charge in [0.1, 0.15) is 0 Å². The van der Waals surface area contributed by atoms with Crippen molar-refractivity contribution >= 4 is 24.0 Å². The molecule has 0 aliphatic rings. The lowest BCUT2D eigenvalue weighted by Crippen LogP contribution is -2.24. The SMILES string of the molecule is C[Si](C)(C)CC(CO)c1cccc(Br)c1. The molecule has 0 aromatic heterocycles. The monoisotopic (exact) mass is 286 g/mol. The highest BCUT2D eigenvalue weighted by atomic mass is 79.9. The summed E-state index contributed by atoms with van der Waals surface area (Å²) in [4.78, 5) is 0. The van der Waals surface area contributed by atoms with Gasteiger partial charge in [-0.3, -0.25) is 0 Å². The second-order valence-corrected chi connectivity index (χ2v) is 11.6. The molecule has 1 aromatic rings. The quantitative estimate of drug-likeness (QED) is 0.834. The Balaban J connectivity index is 2.83. The van der Waals surface area contributed by atoms with Gasteiger partial charge in [0, 0.05) is 25.1 Å². The Morgan fingerprint density at radius 1 is 1.33 bits per heavy atom. The maximum absolute atomic E-state index is 9.44. The maximum atomic E-state index is 9.44. The van der Waals surface area contributed by atoms with E-state index in [1.807, 2.05) is 12.1 Å². The van der Waals surface area contributed by atoms with Gasteiger partial charge in [0.2, 0.25) is 0 Å². The van der Waals surface area contributed by atoms with Gasteiger partial charge in [-0.15, -0.1) is 0 Å². The smallest absolute Gasteiger partial charge is 0.0497 e. The van der Waals surface area contributed by atoms with Crippen molar-refractivity contribution in [1.82, 2.24) is 0 Å². The number of benzene rings is 1. The zero-order chi connectivity index (χ0) is 11.5. The van der Waals surface area contributed by atoms with Crippen molar-refractivity contribution < 1.29 is 5.11 Å². The molecule has 0 saturated heterocycles. The van der Waals surface area contributed by atoms with Crippen LogP contribution in [0.5, 0.6) is 0 Å². The molecule has 0 spiro atoms. The van der Waals surface area contributed by atoms with E-state index < -0.39 is 8.07 Å². The molecule has 0 saturated carbocycles. The zero-order valence-corrected chi connectivity index (χ0v) is 12.2. The van der Waals surface area contributed by atoms with Gasteiger partial charge in [0.25, 0.3) is 0 Å². The van der Waals surface area contributed by atoms with E-state index in [0.29, 0.717) is 5.92 Å². The van der Waals surface area contributed by atoms with Gasteiger partial charge in [0.15, 0.2) is 0 Å². The lowest BCUT2D eigenvalue weighted by atomic mass is 10.0. The average Bonchev–Trinajstić information content (AvgIpc) is 2.13. The van der Waals surface area contributed by atoms with Gasteiger partial charge in [-0.25, -0.2) is 0 Å². The lowest BCUT2D eigenvalue weighted by Gasteiger charge is -2.23. The molecular formula is C12H19BrOSi. The number of aliphatic hydroxyl groups excluding tert-OH is 1. The zero-order valence-electron chi connectivity index (χ0n) is 9.63. The molecule has 0 aliphatic heterocycles. The molecule has 1 unspecified atom stereocenters. The summed E-state index contributed by atoms with van der Waals surface area (Å²) in [5, 5.41) is 9.44. The molecule has 1 atom stereocenters. The summed E-state index contributed by atoms with van der Waals surface area (Å²) in [7, 11) is -1.12. The van der Waals surface area contributed by atoms with Crippen LogP contribution in [0.15, 0.2) is 28.7 Å². The predicted octanol–water partition coefficient (Wildman–Crippen LogP) is 3.86. The molecule has 0 radical (unpaired) electrons. The minimum absolute atomic E-state index is 0.251. The highest BCUT2D eigenvalue weighted by Gasteiger charge is 2.21. The Kier molecular flexibility index (Phi) is 4.56. The summed E-state index contributed by atoms with van der Waals surface area (Å²) < 4.78 is 1.09. The molecule has 3 heteroatoms. The first-order valence-electron chi connectivity index (χ1n) is 5.29. The van der Waals surface area contributed by atoms with Crippen LogP contribution in [0.3, 0.4) is 0 Å². The number of hydrogen-bond donors (Lipinski definition) is 1. The first-order valence-corrected chi connectivity index (χ1v) is 9.79. The second-order valence-electron chi connectivity index (χ2n) is 5.20. The molecule has 0 fully saturated rings. The number of hydrogen-bond acceptors (Lipinski definition) is 1. The maximum Gasteiger partial charge on any atom is 0.0497 e. The van der Waals surface area contributed by atoms with Crippen molar-refractivity contribution in [2.24, 2.45) is 0 Å². The van der Waals surface area contributed by atoms with Crippen LogP contribution in [0.2, 0.25) is 25.7 Å². The minimum atomic E-state index is -1.12. The fraction of sp³-hybridized carbons (Fsp3) is 0.500. The van der Waals surface area contributed by atoms with Crippen LogP contribution < -0.4 is 0 Å². The summed E-state index contributed by atoms with van der Waals surface area (Å²) in [6, 6.07) is 9.41. The van der Waals surface area contributed by atoms with Gasteiger partial charge < -0.3 is 5.11 Å². The van der Waals surface area contributed by atoms with Crippen molar-refractivity contribution in [1.29, 1.82) is 0 Å². The van der Waals surface area contributed by atoms with E-state index in [4.69, 9.17) is 0 Å². The largest absolute Gasteiger partial charge is 0.396 e. The molecular weight excluding hydrogens is 268 g/mol. The number of rotatable bonds is 4. The molecule has 1 nitrogen and oxygen atoms in total. The van der Waals surface area contributed by atoms with Crippen LogP contribution in [0.25, 0.3) is 0 Å². The molecule has 0 amide bonds. The van der Waals surface area contributed by atoms with Crippen molar-refractivity contribution in [3.05, 3.63) is 34.3 Å². The summed E-state index contributed by atoms with van der Waals surface area (Å²) in [6.07, 6.45) is 0. The van der Waals surface area contributed by atoms with E-state index in [1.165, 1.54) is 5.56 Å². The summed E-state index contributed by atoms with van der Waals surface area (Å²) in [6.45, 7) is 7.27. The minimum Gasteiger partial charge on any atom is -0.396 e. The van der Waals surface area contributed by atoms with Gasteiger partial charge >= 0.3 is 0 Å². The first kappa shape index (κ1) is 12.9. The van der Waals surface area contributed by atoms with E-state index in [2.05, 4.69) is 47.7 Å². The van der Waals surface area contributed by atoms with Crippen molar-refractivity contribution in [2.75, 3.05) is 6.61 Å². The van der Waals surface area contributed by atoms with Gasteiger partial charge in [-0.05, 0) is 23.7 Å². The standard InChI is InChI=1S/C12H19BrOSi/c1-15(2,3)9-11(8-14)10-5-4-6-12(13)7-10/h4-7,11,14H,8-9H2,1-3H3. The topological polar surface area (TPSA) is 20.2 Å². The predicted molar refractivity (Wildman–Crippen MR) is 72.1 cm³/mol. The number of aliphatic hydroxyl groups is 1. The Bertz CT molecular complexity index is 320. The van der Waals surface area contributed by atoms with E-state index >= 15 is 0 Å². The third-order valence-corrected chi connectivity index (χ3v) is 4.61. The molecule has 1 N–H and O–H groups in total. The molecule has 0 bridgehead atoms. The van der Waals surface area contributed by atoms with Crippen molar-refractivity contribution in [3.8, 4) is 0 Å². The van der Waals surface area contributed by atoms with Crippen molar-refractivity contribution in [2.45, 2.75) is 31.6 Å².